The van der Waals surface area contributed by atoms with E-state index in [9.17, 15) is 9.59 Å². The van der Waals surface area contributed by atoms with Crippen LogP contribution < -0.4 is 11.5 Å². The van der Waals surface area contributed by atoms with Crippen molar-refractivity contribution in [3.05, 3.63) is 70.3 Å². The third kappa shape index (κ3) is 7.65. The van der Waals surface area contributed by atoms with Gasteiger partial charge in [-0.05, 0) is 51.0 Å². The molecule has 0 atom stereocenters. The van der Waals surface area contributed by atoms with Crippen LogP contribution in [0.1, 0.15) is 46.0 Å². The number of pyridine rings is 2. The summed E-state index contributed by atoms with van der Waals surface area (Å²) in [5.74, 6) is -0.402. The van der Waals surface area contributed by atoms with Gasteiger partial charge in [0.2, 0.25) is 0 Å². The molecule has 0 aliphatic rings. The Morgan fingerprint density at radius 3 is 1.85 bits per heavy atom. The Morgan fingerprint density at radius 1 is 0.795 bits per heavy atom. The zero-order valence-electron chi connectivity index (χ0n) is 21.8. The van der Waals surface area contributed by atoms with E-state index in [4.69, 9.17) is 32.5 Å². The average molecular weight is 551 g/mol. The highest BCUT2D eigenvalue weighted by atomic mass is 35.5. The van der Waals surface area contributed by atoms with E-state index in [1.54, 1.807) is 38.4 Å². The standard InChI is InChI=1S/C13H13ClN4O2.C13H14N4O2/c1-3-20-13(19)10-9(14)11(15)18-12(17-10)8-5-4-7(2)6-16-8;1-3-19-13(18)10-6-11(14)17-12(16-10)9-5-4-8(2)7-15-9/h4-6H,3H2,1-2H3,(H2,15,17,18);4-7H,3H2,1-2H3,(H2,14,16,17). The number of carbonyl (C=O) groups excluding carboxylic acids is 2. The zero-order valence-corrected chi connectivity index (χ0v) is 22.6. The van der Waals surface area contributed by atoms with Gasteiger partial charge in [-0.2, -0.15) is 0 Å². The number of aromatic nitrogens is 6. The molecule has 4 N–H and O–H groups in total. The van der Waals surface area contributed by atoms with Crippen molar-refractivity contribution < 1.29 is 19.1 Å². The molecule has 0 amide bonds. The Balaban J connectivity index is 0.000000216. The number of aryl methyl sites for hydroxylation is 2. The molecule has 0 saturated heterocycles. The molecular weight excluding hydrogens is 524 g/mol. The second-order valence-electron chi connectivity index (χ2n) is 7.98. The number of ether oxygens (including phenoxy) is 2. The first-order valence-electron chi connectivity index (χ1n) is 11.8. The molecule has 0 fully saturated rings. The summed E-state index contributed by atoms with van der Waals surface area (Å²) in [6.45, 7) is 7.76. The van der Waals surface area contributed by atoms with Gasteiger partial charge in [-0.25, -0.2) is 29.5 Å². The summed E-state index contributed by atoms with van der Waals surface area (Å²) in [7, 11) is 0. The summed E-state index contributed by atoms with van der Waals surface area (Å²) in [6.07, 6.45) is 3.37. The maximum Gasteiger partial charge on any atom is 0.358 e. The van der Waals surface area contributed by atoms with Crippen molar-refractivity contribution >= 4 is 35.2 Å². The maximum atomic E-state index is 11.8. The molecule has 4 rings (SSSR count). The van der Waals surface area contributed by atoms with Crippen LogP contribution in [-0.4, -0.2) is 55.1 Å². The highest BCUT2D eigenvalue weighted by Gasteiger charge is 2.19. The number of halogens is 1. The first-order chi connectivity index (χ1) is 18.6. The van der Waals surface area contributed by atoms with Crippen LogP contribution in [0.15, 0.2) is 42.7 Å². The molecule has 0 bridgehead atoms. The molecule has 4 aromatic heterocycles. The van der Waals surface area contributed by atoms with Gasteiger partial charge in [0.25, 0.3) is 0 Å². The molecule has 0 aromatic carbocycles. The fourth-order valence-electron chi connectivity index (χ4n) is 3.00. The molecule has 4 heterocycles. The zero-order chi connectivity index (χ0) is 28.5. The van der Waals surface area contributed by atoms with E-state index < -0.39 is 11.9 Å². The molecule has 0 spiro atoms. The van der Waals surface area contributed by atoms with E-state index in [1.165, 1.54) is 6.07 Å². The Kier molecular flexibility index (Phi) is 9.76. The third-order valence-corrected chi connectivity index (χ3v) is 5.23. The van der Waals surface area contributed by atoms with E-state index in [0.29, 0.717) is 17.2 Å². The van der Waals surface area contributed by atoms with Crippen LogP contribution in [0.25, 0.3) is 23.0 Å². The number of nitrogen functional groups attached to an aromatic ring is 2. The lowest BCUT2D eigenvalue weighted by atomic mass is 10.2. The largest absolute Gasteiger partial charge is 0.461 e. The van der Waals surface area contributed by atoms with Crippen LogP contribution in [0.2, 0.25) is 5.02 Å². The van der Waals surface area contributed by atoms with Gasteiger partial charge in [0.1, 0.15) is 28.0 Å². The van der Waals surface area contributed by atoms with Gasteiger partial charge in [0.15, 0.2) is 23.0 Å². The SMILES string of the molecule is CCOC(=O)c1cc(N)nc(-c2ccc(C)cn2)n1.CCOC(=O)c1nc(-c2ccc(C)cn2)nc(N)c1Cl. The maximum absolute atomic E-state index is 11.8. The third-order valence-electron chi connectivity index (χ3n) is 4.86. The van der Waals surface area contributed by atoms with E-state index >= 15 is 0 Å². The minimum atomic E-state index is -0.639. The van der Waals surface area contributed by atoms with Crippen LogP contribution >= 0.6 is 11.6 Å². The molecule has 0 aliphatic heterocycles. The van der Waals surface area contributed by atoms with Crippen molar-refractivity contribution in [3.63, 3.8) is 0 Å². The predicted molar refractivity (Wildman–Crippen MR) is 146 cm³/mol. The number of hydrogen-bond donors (Lipinski definition) is 2. The van der Waals surface area contributed by atoms with Crippen LogP contribution in [0.3, 0.4) is 0 Å². The van der Waals surface area contributed by atoms with Crippen molar-refractivity contribution in [2.45, 2.75) is 27.7 Å². The molecule has 0 aliphatic carbocycles. The summed E-state index contributed by atoms with van der Waals surface area (Å²) in [6, 6.07) is 8.65. The lowest BCUT2D eigenvalue weighted by molar-refractivity contribution is 0.0510. The predicted octanol–water partition coefficient (Wildman–Crippen LogP) is 3.87. The normalized spacial score (nSPS) is 10.3. The summed E-state index contributed by atoms with van der Waals surface area (Å²) in [4.78, 5) is 48.2. The van der Waals surface area contributed by atoms with Crippen molar-refractivity contribution in [2.24, 2.45) is 0 Å². The van der Waals surface area contributed by atoms with Gasteiger partial charge in [-0.1, -0.05) is 23.7 Å². The van der Waals surface area contributed by atoms with E-state index in [0.717, 1.165) is 11.1 Å². The molecular formula is C26H27ClN8O4. The monoisotopic (exact) mass is 550 g/mol. The van der Waals surface area contributed by atoms with Crippen LogP contribution in [0.4, 0.5) is 11.6 Å². The summed E-state index contributed by atoms with van der Waals surface area (Å²) in [5, 5.41) is -0.0145. The van der Waals surface area contributed by atoms with Gasteiger partial charge >= 0.3 is 11.9 Å². The number of carbonyl (C=O) groups is 2. The number of rotatable bonds is 6. The van der Waals surface area contributed by atoms with E-state index in [-0.39, 0.29) is 47.1 Å². The minimum Gasteiger partial charge on any atom is -0.461 e. The van der Waals surface area contributed by atoms with Crippen LogP contribution in [0.5, 0.6) is 0 Å². The Hall–Kier alpha value is -4.71. The smallest absolute Gasteiger partial charge is 0.358 e. The molecule has 0 saturated carbocycles. The number of hydrogen-bond acceptors (Lipinski definition) is 12. The van der Waals surface area contributed by atoms with Crippen molar-refractivity contribution in [3.8, 4) is 23.0 Å². The Bertz CT molecular complexity index is 1460. The lowest BCUT2D eigenvalue weighted by Crippen LogP contribution is -2.11. The quantitative estimate of drug-likeness (QED) is 0.331. The molecule has 12 nitrogen and oxygen atoms in total. The average Bonchev–Trinajstić information content (AvgIpc) is 2.91. The number of nitrogens with zero attached hydrogens (tertiary/aromatic N) is 6. The lowest BCUT2D eigenvalue weighted by Gasteiger charge is -2.07. The molecule has 0 radical (unpaired) electrons. The molecule has 39 heavy (non-hydrogen) atoms. The Morgan fingerprint density at radius 2 is 1.33 bits per heavy atom. The first kappa shape index (κ1) is 28.9. The molecule has 13 heteroatoms. The minimum absolute atomic E-state index is 0.0145. The highest BCUT2D eigenvalue weighted by molar-refractivity contribution is 6.35. The van der Waals surface area contributed by atoms with Crippen LogP contribution in [-0.2, 0) is 9.47 Å². The number of esters is 2. The number of nitrogens with two attached hydrogens (primary N) is 2. The summed E-state index contributed by atoms with van der Waals surface area (Å²) < 4.78 is 9.77. The number of anilines is 2. The van der Waals surface area contributed by atoms with Gasteiger partial charge in [0.05, 0.1) is 13.2 Å². The van der Waals surface area contributed by atoms with Gasteiger partial charge in [0, 0.05) is 18.5 Å². The fraction of sp³-hybridized carbons (Fsp3) is 0.231. The topological polar surface area (TPSA) is 182 Å². The summed E-state index contributed by atoms with van der Waals surface area (Å²) in [5.41, 5.74) is 14.5. The molecule has 202 valence electrons. The van der Waals surface area contributed by atoms with Crippen molar-refractivity contribution in [1.82, 2.24) is 29.9 Å². The van der Waals surface area contributed by atoms with Crippen molar-refractivity contribution in [1.29, 1.82) is 0 Å². The highest BCUT2D eigenvalue weighted by Crippen LogP contribution is 2.24. The molecule has 4 aromatic rings. The van der Waals surface area contributed by atoms with Gasteiger partial charge in [-0.15, -0.1) is 0 Å². The summed E-state index contributed by atoms with van der Waals surface area (Å²) >= 11 is 5.94. The van der Waals surface area contributed by atoms with Gasteiger partial charge < -0.3 is 20.9 Å². The Labute approximate surface area is 229 Å². The van der Waals surface area contributed by atoms with Crippen molar-refractivity contribution in [2.75, 3.05) is 24.7 Å². The second-order valence-corrected chi connectivity index (χ2v) is 8.36. The van der Waals surface area contributed by atoms with Gasteiger partial charge in [-0.3, -0.25) is 9.97 Å². The van der Waals surface area contributed by atoms with E-state index in [1.807, 2.05) is 26.0 Å². The van der Waals surface area contributed by atoms with E-state index in [2.05, 4.69) is 29.9 Å². The second kappa shape index (κ2) is 13.2. The molecule has 0 unspecified atom stereocenters. The fourth-order valence-corrected chi connectivity index (χ4v) is 3.17. The van der Waals surface area contributed by atoms with Crippen LogP contribution in [0, 0.1) is 13.8 Å². The first-order valence-corrected chi connectivity index (χ1v) is 12.2.